The van der Waals surface area contributed by atoms with Gasteiger partial charge in [-0.1, -0.05) is 66.7 Å². The molecule has 0 atom stereocenters. The summed E-state index contributed by atoms with van der Waals surface area (Å²) in [6, 6.07) is 30.2. The van der Waals surface area contributed by atoms with Crippen LogP contribution in [0.3, 0.4) is 0 Å². The maximum absolute atomic E-state index is 4.96. The first-order valence-corrected chi connectivity index (χ1v) is 12.1. The number of rotatable bonds is 6. The molecule has 5 heteroatoms. The summed E-state index contributed by atoms with van der Waals surface area (Å²) >= 11 is 0. The minimum absolute atomic E-state index is 0.467. The molecule has 1 N–H and O–H groups in total. The highest BCUT2D eigenvalue weighted by molar-refractivity contribution is 5.81. The molecule has 1 aliphatic rings. The van der Waals surface area contributed by atoms with Gasteiger partial charge in [0.2, 0.25) is 0 Å². The lowest BCUT2D eigenvalue weighted by Crippen LogP contribution is -2.34. The minimum Gasteiger partial charge on any atom is -0.342 e. The van der Waals surface area contributed by atoms with Crippen LogP contribution in [0.1, 0.15) is 35.8 Å². The number of piperidine rings is 1. The molecule has 3 aromatic carbocycles. The third-order valence-corrected chi connectivity index (χ3v) is 6.83. The maximum atomic E-state index is 4.96. The fraction of sp³-hybridized carbons (Fsp3) is 0.241. The molecule has 0 bridgehead atoms. The van der Waals surface area contributed by atoms with Gasteiger partial charge < -0.3 is 4.98 Å². The Hall–Kier alpha value is -3.70. The molecule has 0 saturated carbocycles. The normalized spacial score (nSPS) is 15.2. The molecule has 1 fully saturated rings. The Labute approximate surface area is 200 Å². The van der Waals surface area contributed by atoms with Crippen LogP contribution in [-0.4, -0.2) is 37.7 Å². The second-order valence-electron chi connectivity index (χ2n) is 9.25. The predicted molar refractivity (Wildman–Crippen MR) is 137 cm³/mol. The van der Waals surface area contributed by atoms with E-state index in [9.17, 15) is 0 Å². The monoisotopic (exact) mass is 447 g/mol. The zero-order valence-corrected chi connectivity index (χ0v) is 19.3. The number of nitrogens with zero attached hydrogens (tertiary/aromatic N) is 4. The molecule has 5 aromatic rings. The van der Waals surface area contributed by atoms with Gasteiger partial charge in [-0.05, 0) is 42.2 Å². The van der Waals surface area contributed by atoms with E-state index in [1.807, 2.05) is 6.07 Å². The number of imidazole rings is 1. The van der Waals surface area contributed by atoms with E-state index in [2.05, 4.69) is 99.6 Å². The Bertz CT molecular complexity index is 1360. The molecule has 0 unspecified atom stereocenters. The van der Waals surface area contributed by atoms with Crippen molar-refractivity contribution >= 4 is 11.0 Å². The molecule has 0 amide bonds. The Morgan fingerprint density at radius 3 is 2.32 bits per heavy atom. The first-order chi connectivity index (χ1) is 16.8. The SMILES string of the molecule is c1ccc(Cc2nc3ccc(-c4ccn(C5CCN(Cc6ccccc6)CC5)n4)cc3[nH]2)cc1. The molecule has 0 aliphatic carbocycles. The summed E-state index contributed by atoms with van der Waals surface area (Å²) in [6.07, 6.45) is 5.22. The van der Waals surface area contributed by atoms with E-state index in [0.29, 0.717) is 6.04 Å². The molecule has 1 saturated heterocycles. The van der Waals surface area contributed by atoms with Crippen LogP contribution in [-0.2, 0) is 13.0 Å². The first kappa shape index (κ1) is 20.9. The third-order valence-electron chi connectivity index (χ3n) is 6.83. The van der Waals surface area contributed by atoms with Crippen LogP contribution in [0.4, 0.5) is 0 Å². The summed E-state index contributed by atoms with van der Waals surface area (Å²) < 4.78 is 2.17. The van der Waals surface area contributed by atoms with Crippen LogP contribution in [0.5, 0.6) is 0 Å². The Morgan fingerprint density at radius 2 is 1.56 bits per heavy atom. The molecule has 34 heavy (non-hydrogen) atoms. The van der Waals surface area contributed by atoms with Crippen LogP contribution in [0.15, 0.2) is 91.1 Å². The number of aromatic amines is 1. The van der Waals surface area contributed by atoms with Gasteiger partial charge in [-0.15, -0.1) is 0 Å². The highest BCUT2D eigenvalue weighted by atomic mass is 15.3. The molecule has 1 aliphatic heterocycles. The Balaban J connectivity index is 1.13. The van der Waals surface area contributed by atoms with Crippen molar-refractivity contribution in [1.82, 2.24) is 24.6 Å². The smallest absolute Gasteiger partial charge is 0.111 e. The average Bonchev–Trinajstić information content (AvgIpc) is 3.52. The van der Waals surface area contributed by atoms with E-state index in [0.717, 1.165) is 67.0 Å². The van der Waals surface area contributed by atoms with Crippen molar-refractivity contribution in [2.45, 2.75) is 31.8 Å². The average molecular weight is 448 g/mol. The lowest BCUT2D eigenvalue weighted by molar-refractivity contribution is 0.173. The van der Waals surface area contributed by atoms with Crippen LogP contribution >= 0.6 is 0 Å². The summed E-state index contributed by atoms with van der Waals surface area (Å²) in [7, 11) is 0. The van der Waals surface area contributed by atoms with Gasteiger partial charge >= 0.3 is 0 Å². The van der Waals surface area contributed by atoms with E-state index in [4.69, 9.17) is 10.1 Å². The Morgan fingerprint density at radius 1 is 0.824 bits per heavy atom. The molecule has 170 valence electrons. The van der Waals surface area contributed by atoms with Crippen molar-refractivity contribution in [3.63, 3.8) is 0 Å². The summed E-state index contributed by atoms with van der Waals surface area (Å²) in [5.74, 6) is 0.992. The van der Waals surface area contributed by atoms with Crippen molar-refractivity contribution < 1.29 is 0 Å². The first-order valence-electron chi connectivity index (χ1n) is 12.1. The second kappa shape index (κ2) is 9.27. The van der Waals surface area contributed by atoms with Gasteiger partial charge in [0.25, 0.3) is 0 Å². The fourth-order valence-electron chi connectivity index (χ4n) is 4.97. The van der Waals surface area contributed by atoms with Gasteiger partial charge in [-0.25, -0.2) is 4.98 Å². The van der Waals surface area contributed by atoms with E-state index in [1.165, 1.54) is 11.1 Å². The van der Waals surface area contributed by atoms with Crippen LogP contribution < -0.4 is 0 Å². The zero-order chi connectivity index (χ0) is 22.7. The number of hydrogen-bond donors (Lipinski definition) is 1. The number of H-pyrrole nitrogens is 1. The standard InChI is InChI=1S/C29H29N5/c1-3-7-22(8-4-1)19-29-30-27-12-11-24(20-28(27)31-29)26-15-18-34(32-26)25-13-16-33(17-14-25)21-23-9-5-2-6-10-23/h1-12,15,18,20,25H,13-14,16-17,19,21H2,(H,30,31). The molecular weight excluding hydrogens is 418 g/mol. The van der Waals surface area contributed by atoms with E-state index < -0.39 is 0 Å². The third kappa shape index (κ3) is 4.52. The topological polar surface area (TPSA) is 49.7 Å². The van der Waals surface area contributed by atoms with Crippen molar-refractivity contribution in [1.29, 1.82) is 0 Å². The molecule has 3 heterocycles. The summed E-state index contributed by atoms with van der Waals surface area (Å²) in [5.41, 5.74) is 6.86. The number of hydrogen-bond acceptors (Lipinski definition) is 3. The van der Waals surface area contributed by atoms with E-state index in [-0.39, 0.29) is 0 Å². The number of fused-ring (bicyclic) bond motifs is 1. The Kier molecular flexibility index (Phi) is 5.69. The quantitative estimate of drug-likeness (QED) is 0.355. The molecule has 2 aromatic heterocycles. The lowest BCUT2D eigenvalue weighted by atomic mass is 10.0. The van der Waals surface area contributed by atoms with E-state index >= 15 is 0 Å². The number of aromatic nitrogens is 4. The van der Waals surface area contributed by atoms with Crippen molar-refractivity contribution in [2.75, 3.05) is 13.1 Å². The lowest BCUT2D eigenvalue weighted by Gasteiger charge is -2.32. The van der Waals surface area contributed by atoms with Crippen LogP contribution in [0.2, 0.25) is 0 Å². The second-order valence-corrected chi connectivity index (χ2v) is 9.25. The van der Waals surface area contributed by atoms with E-state index in [1.54, 1.807) is 0 Å². The summed E-state index contributed by atoms with van der Waals surface area (Å²) in [5, 5.41) is 4.96. The zero-order valence-electron chi connectivity index (χ0n) is 19.3. The van der Waals surface area contributed by atoms with Gasteiger partial charge in [0.05, 0.1) is 22.8 Å². The highest BCUT2D eigenvalue weighted by Crippen LogP contribution is 2.27. The summed E-state index contributed by atoms with van der Waals surface area (Å²) in [6.45, 7) is 3.26. The van der Waals surface area contributed by atoms with Gasteiger partial charge in [0.1, 0.15) is 5.82 Å². The number of likely N-dealkylation sites (tertiary alicyclic amines) is 1. The number of nitrogens with one attached hydrogen (secondary N) is 1. The maximum Gasteiger partial charge on any atom is 0.111 e. The minimum atomic E-state index is 0.467. The fourth-order valence-corrected chi connectivity index (χ4v) is 4.97. The molecular formula is C29H29N5. The van der Waals surface area contributed by atoms with Crippen molar-refractivity contribution in [2.24, 2.45) is 0 Å². The predicted octanol–water partition coefficient (Wildman–Crippen LogP) is 5.85. The molecule has 0 radical (unpaired) electrons. The van der Waals surface area contributed by atoms with Gasteiger partial charge in [-0.3, -0.25) is 9.58 Å². The van der Waals surface area contributed by atoms with Gasteiger partial charge in [0.15, 0.2) is 0 Å². The molecule has 0 spiro atoms. The molecule has 6 rings (SSSR count). The largest absolute Gasteiger partial charge is 0.342 e. The van der Waals surface area contributed by atoms with Crippen LogP contribution in [0.25, 0.3) is 22.3 Å². The van der Waals surface area contributed by atoms with Crippen molar-refractivity contribution in [3.8, 4) is 11.3 Å². The number of benzene rings is 3. The molecule has 5 nitrogen and oxygen atoms in total. The van der Waals surface area contributed by atoms with Gasteiger partial charge in [-0.2, -0.15) is 5.10 Å². The summed E-state index contributed by atoms with van der Waals surface area (Å²) in [4.78, 5) is 10.8. The van der Waals surface area contributed by atoms with Crippen molar-refractivity contribution in [3.05, 3.63) is 108 Å². The highest BCUT2D eigenvalue weighted by Gasteiger charge is 2.21. The van der Waals surface area contributed by atoms with Crippen LogP contribution in [0, 0.1) is 0 Å². The van der Waals surface area contributed by atoms with Gasteiger partial charge in [0, 0.05) is 37.8 Å².